The number of carbonyl (C=O) groups is 1. The van der Waals surface area contributed by atoms with Crippen LogP contribution in [0.15, 0.2) is 12.3 Å². The number of nitrogens with zero attached hydrogens (tertiary/aromatic N) is 2. The maximum atomic E-state index is 11.7. The zero-order valence-corrected chi connectivity index (χ0v) is 10.1. The molecule has 7 heteroatoms. The fourth-order valence-electron chi connectivity index (χ4n) is 1.24. The summed E-state index contributed by atoms with van der Waals surface area (Å²) >= 11 is 5.61. The summed E-state index contributed by atoms with van der Waals surface area (Å²) in [5, 5.41) is 13.3. The van der Waals surface area contributed by atoms with Crippen molar-refractivity contribution in [2.24, 2.45) is 0 Å². The monoisotopic (exact) mass is 267 g/mol. The lowest BCUT2D eigenvalue weighted by atomic mass is 10.2. The Bertz CT molecular complexity index is 511. The molecule has 0 spiro atoms. The van der Waals surface area contributed by atoms with Gasteiger partial charge in [-0.05, 0) is 12.5 Å². The van der Waals surface area contributed by atoms with Gasteiger partial charge in [0, 0.05) is 13.0 Å². The molecule has 1 amide bonds. The summed E-state index contributed by atoms with van der Waals surface area (Å²) in [6, 6.07) is 1.16. The minimum atomic E-state index is -0.681. The maximum Gasteiger partial charge on any atom is 0.300 e. The van der Waals surface area contributed by atoms with Crippen molar-refractivity contribution >= 4 is 23.2 Å². The van der Waals surface area contributed by atoms with Crippen molar-refractivity contribution in [1.29, 1.82) is 0 Å². The standard InChI is InChI=1S/C11H10ClN3O3/c1-2-3-4-5-13-11(16)8-6-10(12)14-7-9(8)15(17)18/h1,6-7H,3-5H2,(H,13,16). The molecule has 0 fully saturated rings. The second-order valence-electron chi connectivity index (χ2n) is 3.34. The Morgan fingerprint density at radius 2 is 2.39 bits per heavy atom. The second-order valence-corrected chi connectivity index (χ2v) is 3.73. The van der Waals surface area contributed by atoms with Crippen molar-refractivity contribution < 1.29 is 9.72 Å². The predicted octanol–water partition coefficient (Wildman–Crippen LogP) is 1.79. The summed E-state index contributed by atoms with van der Waals surface area (Å²) in [6.45, 7) is 0.347. The van der Waals surface area contributed by atoms with Gasteiger partial charge in [0.25, 0.3) is 11.6 Å². The number of amides is 1. The fraction of sp³-hybridized carbons (Fsp3) is 0.273. The SMILES string of the molecule is C#CCCCNC(=O)c1cc(Cl)ncc1[N+](=O)[O-]. The van der Waals surface area contributed by atoms with Gasteiger partial charge in [-0.25, -0.2) is 4.98 Å². The Morgan fingerprint density at radius 3 is 3.00 bits per heavy atom. The largest absolute Gasteiger partial charge is 0.352 e. The molecule has 1 aromatic heterocycles. The quantitative estimate of drug-likeness (QED) is 0.290. The van der Waals surface area contributed by atoms with E-state index >= 15 is 0 Å². The van der Waals surface area contributed by atoms with Gasteiger partial charge in [0.1, 0.15) is 16.9 Å². The molecule has 0 atom stereocenters. The first-order valence-corrected chi connectivity index (χ1v) is 5.45. The van der Waals surface area contributed by atoms with Crippen LogP contribution in [0, 0.1) is 22.5 Å². The molecule has 94 valence electrons. The van der Waals surface area contributed by atoms with Crippen LogP contribution in [0.3, 0.4) is 0 Å². The number of pyridine rings is 1. The van der Waals surface area contributed by atoms with E-state index in [-0.39, 0.29) is 16.4 Å². The molecule has 0 radical (unpaired) electrons. The minimum Gasteiger partial charge on any atom is -0.352 e. The first kappa shape index (κ1) is 13.9. The molecule has 18 heavy (non-hydrogen) atoms. The van der Waals surface area contributed by atoms with Crippen molar-refractivity contribution in [3.05, 3.63) is 33.1 Å². The van der Waals surface area contributed by atoms with Gasteiger partial charge in [-0.3, -0.25) is 14.9 Å². The van der Waals surface area contributed by atoms with Crippen LogP contribution in [0.1, 0.15) is 23.2 Å². The van der Waals surface area contributed by atoms with Crippen LogP contribution >= 0.6 is 11.6 Å². The van der Waals surface area contributed by atoms with E-state index in [1.54, 1.807) is 0 Å². The zero-order chi connectivity index (χ0) is 13.5. The highest BCUT2D eigenvalue weighted by Gasteiger charge is 2.20. The summed E-state index contributed by atoms with van der Waals surface area (Å²) in [7, 11) is 0. The van der Waals surface area contributed by atoms with Gasteiger partial charge in [0.2, 0.25) is 0 Å². The third-order valence-corrected chi connectivity index (χ3v) is 2.28. The van der Waals surface area contributed by atoms with Crippen LogP contribution in [0.2, 0.25) is 5.15 Å². The number of carbonyl (C=O) groups excluding carboxylic acids is 1. The van der Waals surface area contributed by atoms with Crippen LogP contribution in [0.25, 0.3) is 0 Å². The van der Waals surface area contributed by atoms with E-state index in [2.05, 4.69) is 16.2 Å². The van der Waals surface area contributed by atoms with Crippen molar-refractivity contribution in [3.63, 3.8) is 0 Å². The highest BCUT2D eigenvalue weighted by Crippen LogP contribution is 2.20. The van der Waals surface area contributed by atoms with Crippen molar-refractivity contribution in [2.45, 2.75) is 12.8 Å². The molecule has 0 aromatic carbocycles. The van der Waals surface area contributed by atoms with Crippen LogP contribution < -0.4 is 5.32 Å². The first-order chi connectivity index (χ1) is 8.56. The lowest BCUT2D eigenvalue weighted by Crippen LogP contribution is -2.25. The number of rotatable bonds is 5. The number of hydrogen-bond acceptors (Lipinski definition) is 4. The van der Waals surface area contributed by atoms with Gasteiger partial charge in [-0.15, -0.1) is 12.3 Å². The minimum absolute atomic E-state index is 0.0226. The Morgan fingerprint density at radius 1 is 1.67 bits per heavy atom. The Kier molecular flexibility index (Phi) is 5.08. The molecule has 0 bridgehead atoms. The number of terminal acetylenes is 1. The highest BCUT2D eigenvalue weighted by molar-refractivity contribution is 6.29. The molecule has 0 aliphatic heterocycles. The summed E-state index contributed by atoms with van der Waals surface area (Å²) < 4.78 is 0. The van der Waals surface area contributed by atoms with Crippen LogP contribution in [0.4, 0.5) is 5.69 Å². The van der Waals surface area contributed by atoms with Crippen molar-refractivity contribution in [3.8, 4) is 12.3 Å². The molecule has 1 rings (SSSR count). The molecule has 0 saturated heterocycles. The number of halogens is 1. The number of nitrogens with one attached hydrogen (secondary N) is 1. The van der Waals surface area contributed by atoms with E-state index < -0.39 is 10.8 Å². The summed E-state index contributed by atoms with van der Waals surface area (Å²) in [5.74, 6) is 1.86. The molecule has 0 unspecified atom stereocenters. The van der Waals surface area contributed by atoms with E-state index in [1.165, 1.54) is 0 Å². The van der Waals surface area contributed by atoms with E-state index in [9.17, 15) is 14.9 Å². The number of nitro groups is 1. The predicted molar refractivity (Wildman–Crippen MR) is 66.3 cm³/mol. The van der Waals surface area contributed by atoms with Gasteiger partial charge in [0.15, 0.2) is 0 Å². The van der Waals surface area contributed by atoms with E-state index in [1.807, 2.05) is 0 Å². The molecule has 0 saturated carbocycles. The van der Waals surface area contributed by atoms with Gasteiger partial charge < -0.3 is 5.32 Å². The Hall–Kier alpha value is -2.13. The smallest absolute Gasteiger partial charge is 0.300 e. The molecule has 1 aromatic rings. The van der Waals surface area contributed by atoms with Crippen LogP contribution in [-0.4, -0.2) is 22.4 Å². The normalized spacial score (nSPS) is 9.56. The van der Waals surface area contributed by atoms with Crippen molar-refractivity contribution in [1.82, 2.24) is 10.3 Å². The lowest BCUT2D eigenvalue weighted by Gasteiger charge is -2.04. The first-order valence-electron chi connectivity index (χ1n) is 5.08. The van der Waals surface area contributed by atoms with Gasteiger partial charge in [0.05, 0.1) is 4.92 Å². The van der Waals surface area contributed by atoms with E-state index in [0.717, 1.165) is 12.3 Å². The van der Waals surface area contributed by atoms with Crippen LogP contribution in [0.5, 0.6) is 0 Å². The highest BCUT2D eigenvalue weighted by atomic mass is 35.5. The number of aromatic nitrogens is 1. The average molecular weight is 268 g/mol. The lowest BCUT2D eigenvalue weighted by molar-refractivity contribution is -0.385. The van der Waals surface area contributed by atoms with E-state index in [4.69, 9.17) is 18.0 Å². The molecular formula is C11H10ClN3O3. The Labute approximate surface area is 109 Å². The number of hydrogen-bond donors (Lipinski definition) is 1. The summed E-state index contributed by atoms with van der Waals surface area (Å²) in [5.41, 5.74) is -0.491. The summed E-state index contributed by atoms with van der Waals surface area (Å²) in [4.78, 5) is 25.4. The maximum absolute atomic E-state index is 11.7. The number of unbranched alkanes of at least 4 members (excludes halogenated alkanes) is 1. The fourth-order valence-corrected chi connectivity index (χ4v) is 1.40. The molecule has 0 aliphatic rings. The topological polar surface area (TPSA) is 85.1 Å². The third-order valence-electron chi connectivity index (χ3n) is 2.07. The molecule has 6 nitrogen and oxygen atoms in total. The van der Waals surface area contributed by atoms with Gasteiger partial charge in [-0.2, -0.15) is 0 Å². The molecule has 1 heterocycles. The zero-order valence-electron chi connectivity index (χ0n) is 9.35. The third kappa shape index (κ3) is 3.71. The van der Waals surface area contributed by atoms with Crippen molar-refractivity contribution in [2.75, 3.05) is 6.54 Å². The molecule has 1 N–H and O–H groups in total. The average Bonchev–Trinajstić information content (AvgIpc) is 2.34. The molecular weight excluding hydrogens is 258 g/mol. The molecule has 0 aliphatic carbocycles. The Balaban J connectivity index is 2.81. The van der Waals surface area contributed by atoms with Crippen LogP contribution in [-0.2, 0) is 0 Å². The second kappa shape index (κ2) is 6.57. The summed E-state index contributed by atoms with van der Waals surface area (Å²) in [6.07, 6.45) is 7.15. The van der Waals surface area contributed by atoms with Gasteiger partial charge in [-0.1, -0.05) is 11.6 Å². The van der Waals surface area contributed by atoms with Gasteiger partial charge >= 0.3 is 0 Å². The van der Waals surface area contributed by atoms with E-state index in [0.29, 0.717) is 19.4 Å².